The van der Waals surface area contributed by atoms with E-state index < -0.39 is 0 Å². The molecule has 6 nitrogen and oxygen atoms in total. The van der Waals surface area contributed by atoms with Crippen LogP contribution in [0.3, 0.4) is 0 Å². The van der Waals surface area contributed by atoms with Gasteiger partial charge in [0.05, 0.1) is 7.11 Å². The molecule has 1 rings (SSSR count). The summed E-state index contributed by atoms with van der Waals surface area (Å²) >= 11 is 0. The van der Waals surface area contributed by atoms with E-state index in [4.69, 9.17) is 4.74 Å². The molecule has 1 aromatic carbocycles. The molecule has 0 aliphatic carbocycles. The summed E-state index contributed by atoms with van der Waals surface area (Å²) in [7, 11) is 1.68. The predicted octanol–water partition coefficient (Wildman–Crippen LogP) is 3.62. The maximum atomic E-state index is 12.1. The third-order valence-electron chi connectivity index (χ3n) is 4.61. The molecule has 0 heterocycles. The molecule has 1 atom stereocenters. The summed E-state index contributed by atoms with van der Waals surface area (Å²) in [6, 6.07) is 8.20. The predicted molar refractivity (Wildman–Crippen MR) is 128 cm³/mol. The van der Waals surface area contributed by atoms with Gasteiger partial charge < -0.3 is 20.3 Å². The van der Waals surface area contributed by atoms with Gasteiger partial charge >= 0.3 is 0 Å². The quantitative estimate of drug-likeness (QED) is 0.275. The normalized spacial score (nSPS) is 12.0. The highest BCUT2D eigenvalue weighted by molar-refractivity contribution is 14.0. The van der Waals surface area contributed by atoms with Crippen molar-refractivity contribution in [1.82, 2.24) is 15.5 Å². The van der Waals surface area contributed by atoms with Gasteiger partial charge in [0.1, 0.15) is 5.75 Å². The van der Waals surface area contributed by atoms with Gasteiger partial charge in [0, 0.05) is 39.1 Å². The Hall–Kier alpha value is -1.51. The maximum absolute atomic E-state index is 12.1. The molecule has 0 radical (unpaired) electrons. The van der Waals surface area contributed by atoms with Gasteiger partial charge in [0.25, 0.3) is 0 Å². The molecule has 0 aliphatic rings. The lowest BCUT2D eigenvalue weighted by Crippen LogP contribution is -2.40. The van der Waals surface area contributed by atoms with Gasteiger partial charge in [-0.05, 0) is 50.8 Å². The average Bonchev–Trinajstić information content (AvgIpc) is 2.69. The number of guanidine groups is 1. The van der Waals surface area contributed by atoms with Crippen LogP contribution in [0, 0.1) is 0 Å². The molecule has 160 valence electrons. The Bertz CT molecular complexity index is 574. The lowest BCUT2D eigenvalue weighted by Gasteiger charge is -2.19. The highest BCUT2D eigenvalue weighted by atomic mass is 127. The third kappa shape index (κ3) is 9.61. The third-order valence-corrected chi connectivity index (χ3v) is 4.61. The second kappa shape index (κ2) is 15.4. The Kier molecular flexibility index (Phi) is 14.6. The van der Waals surface area contributed by atoms with Crippen LogP contribution in [-0.4, -0.2) is 56.6 Å². The number of carbonyl (C=O) groups excluding carboxylic acids is 1. The monoisotopic (exact) mass is 504 g/mol. The van der Waals surface area contributed by atoms with E-state index in [9.17, 15) is 4.79 Å². The molecule has 0 bridgehead atoms. The van der Waals surface area contributed by atoms with Crippen LogP contribution in [0.4, 0.5) is 0 Å². The van der Waals surface area contributed by atoms with Crippen LogP contribution in [0.15, 0.2) is 29.3 Å². The van der Waals surface area contributed by atoms with Crippen LogP contribution in [0.25, 0.3) is 0 Å². The second-order valence-electron chi connectivity index (χ2n) is 6.47. The number of amides is 1. The summed E-state index contributed by atoms with van der Waals surface area (Å²) < 4.78 is 5.21. The van der Waals surface area contributed by atoms with E-state index in [-0.39, 0.29) is 29.9 Å². The molecule has 1 amide bonds. The number of rotatable bonds is 11. The fourth-order valence-electron chi connectivity index (χ4n) is 2.83. The van der Waals surface area contributed by atoms with Gasteiger partial charge in [-0.1, -0.05) is 19.1 Å². The minimum atomic E-state index is 0. The van der Waals surface area contributed by atoms with Gasteiger partial charge in [0.2, 0.25) is 5.91 Å². The van der Waals surface area contributed by atoms with Gasteiger partial charge in [-0.2, -0.15) is 0 Å². The molecular weight excluding hydrogens is 467 g/mol. The fourth-order valence-corrected chi connectivity index (χ4v) is 2.83. The Morgan fingerprint density at radius 2 is 1.79 bits per heavy atom. The minimum Gasteiger partial charge on any atom is -0.497 e. The van der Waals surface area contributed by atoms with E-state index in [0.717, 1.165) is 44.3 Å². The molecule has 0 saturated carbocycles. The zero-order valence-corrected chi connectivity index (χ0v) is 20.3. The van der Waals surface area contributed by atoms with E-state index in [1.54, 1.807) is 7.11 Å². The average molecular weight is 504 g/mol. The Morgan fingerprint density at radius 3 is 2.32 bits per heavy atom. The van der Waals surface area contributed by atoms with E-state index in [1.165, 1.54) is 5.56 Å². The summed E-state index contributed by atoms with van der Waals surface area (Å²) in [6.07, 6.45) is 1.44. The zero-order valence-electron chi connectivity index (χ0n) is 18.0. The van der Waals surface area contributed by atoms with Crippen molar-refractivity contribution in [3.05, 3.63) is 29.8 Å². The van der Waals surface area contributed by atoms with Crippen molar-refractivity contribution in [1.29, 1.82) is 0 Å². The largest absolute Gasteiger partial charge is 0.497 e. The van der Waals surface area contributed by atoms with Crippen LogP contribution >= 0.6 is 24.0 Å². The number of methoxy groups -OCH3 is 1. The van der Waals surface area contributed by atoms with Crippen molar-refractivity contribution in [2.24, 2.45) is 4.99 Å². The number of carbonyl (C=O) groups is 1. The van der Waals surface area contributed by atoms with Crippen LogP contribution in [-0.2, 0) is 4.79 Å². The first-order valence-electron chi connectivity index (χ1n) is 9.99. The fraction of sp³-hybridized carbons (Fsp3) is 0.619. The molecular formula is C21H37IN4O2. The number of aliphatic imine (C=N–C) groups is 1. The van der Waals surface area contributed by atoms with E-state index in [1.807, 2.05) is 37.8 Å². The minimum absolute atomic E-state index is 0. The molecule has 2 N–H and O–H groups in total. The van der Waals surface area contributed by atoms with E-state index in [2.05, 4.69) is 34.7 Å². The van der Waals surface area contributed by atoms with Crippen molar-refractivity contribution in [2.45, 2.75) is 46.5 Å². The van der Waals surface area contributed by atoms with Crippen molar-refractivity contribution in [3.63, 3.8) is 0 Å². The van der Waals surface area contributed by atoms with E-state index in [0.29, 0.717) is 18.9 Å². The summed E-state index contributed by atoms with van der Waals surface area (Å²) in [4.78, 5) is 18.6. The summed E-state index contributed by atoms with van der Waals surface area (Å²) in [6.45, 7) is 11.9. The van der Waals surface area contributed by atoms with Crippen LogP contribution in [0.5, 0.6) is 5.75 Å². The van der Waals surface area contributed by atoms with E-state index >= 15 is 0 Å². The summed E-state index contributed by atoms with van der Waals surface area (Å²) in [5.74, 6) is 2.25. The molecule has 0 fully saturated rings. The van der Waals surface area contributed by atoms with Crippen molar-refractivity contribution in [3.8, 4) is 5.75 Å². The summed E-state index contributed by atoms with van der Waals surface area (Å²) in [5.41, 5.74) is 1.29. The smallest absolute Gasteiger partial charge is 0.224 e. The first-order chi connectivity index (χ1) is 13.0. The number of nitrogens with zero attached hydrogens (tertiary/aromatic N) is 2. The van der Waals surface area contributed by atoms with Gasteiger partial charge in [-0.15, -0.1) is 24.0 Å². The maximum Gasteiger partial charge on any atom is 0.224 e. The molecule has 1 unspecified atom stereocenters. The SMILES string of the molecule is CCNC(=NCCC(C)c1ccc(OC)cc1)NCCC(=O)N(CC)CC.I. The molecule has 7 heteroatoms. The molecule has 0 saturated heterocycles. The topological polar surface area (TPSA) is 66.0 Å². The van der Waals surface area contributed by atoms with Crippen molar-refractivity contribution < 1.29 is 9.53 Å². The van der Waals surface area contributed by atoms with Gasteiger partial charge in [-0.3, -0.25) is 9.79 Å². The number of halogens is 1. The highest BCUT2D eigenvalue weighted by Crippen LogP contribution is 2.21. The first-order valence-corrected chi connectivity index (χ1v) is 9.99. The number of ether oxygens (including phenoxy) is 1. The standard InChI is InChI=1S/C21H36N4O2.HI/c1-6-22-21(24-16-14-20(26)25(7-2)8-3)23-15-13-17(4)18-9-11-19(27-5)12-10-18;/h9-12,17H,6-8,13-16H2,1-5H3,(H2,22,23,24);1H. The number of hydrogen-bond acceptors (Lipinski definition) is 3. The Labute approximate surface area is 187 Å². The number of hydrogen-bond donors (Lipinski definition) is 2. The molecule has 0 spiro atoms. The zero-order chi connectivity index (χ0) is 20.1. The van der Waals surface area contributed by atoms with Gasteiger partial charge in [0.15, 0.2) is 5.96 Å². The molecule has 28 heavy (non-hydrogen) atoms. The highest BCUT2D eigenvalue weighted by Gasteiger charge is 2.09. The summed E-state index contributed by atoms with van der Waals surface area (Å²) in [5, 5.41) is 6.50. The molecule has 0 aliphatic heterocycles. The number of benzene rings is 1. The lowest BCUT2D eigenvalue weighted by atomic mass is 9.98. The lowest BCUT2D eigenvalue weighted by molar-refractivity contribution is -0.130. The second-order valence-corrected chi connectivity index (χ2v) is 6.47. The molecule has 0 aromatic heterocycles. The Morgan fingerprint density at radius 1 is 1.14 bits per heavy atom. The number of nitrogens with one attached hydrogen (secondary N) is 2. The van der Waals surface area contributed by atoms with Crippen LogP contribution in [0.2, 0.25) is 0 Å². The van der Waals surface area contributed by atoms with Crippen molar-refractivity contribution in [2.75, 3.05) is 39.8 Å². The first kappa shape index (κ1) is 26.5. The van der Waals surface area contributed by atoms with Crippen molar-refractivity contribution >= 4 is 35.8 Å². The van der Waals surface area contributed by atoms with Crippen LogP contribution < -0.4 is 15.4 Å². The Balaban J connectivity index is 0.00000729. The molecule has 1 aromatic rings. The van der Waals surface area contributed by atoms with Crippen LogP contribution in [0.1, 0.15) is 52.0 Å². The van der Waals surface area contributed by atoms with Gasteiger partial charge in [-0.25, -0.2) is 0 Å².